The molecule has 0 heterocycles. The number of aliphatic hydroxyl groups excluding tert-OH is 1. The lowest BCUT2D eigenvalue weighted by Gasteiger charge is -2.20. The molecule has 90 valence electrons. The van der Waals surface area contributed by atoms with E-state index in [0.717, 1.165) is 0 Å². The molecule has 0 aromatic heterocycles. The second-order valence-electron chi connectivity index (χ2n) is 3.47. The first-order valence-electron chi connectivity index (χ1n) is 5.23. The van der Waals surface area contributed by atoms with Crippen LogP contribution in [-0.4, -0.2) is 24.9 Å². The third-order valence-electron chi connectivity index (χ3n) is 2.41. The molecule has 0 amide bonds. The van der Waals surface area contributed by atoms with Gasteiger partial charge in [0.05, 0.1) is 13.2 Å². The van der Waals surface area contributed by atoms with Crippen LogP contribution in [0.1, 0.15) is 25.5 Å². The van der Waals surface area contributed by atoms with Gasteiger partial charge >= 0.3 is 0 Å². The number of benzene rings is 1. The van der Waals surface area contributed by atoms with Crippen molar-refractivity contribution in [3.63, 3.8) is 0 Å². The fourth-order valence-corrected chi connectivity index (χ4v) is 1.52. The van der Waals surface area contributed by atoms with E-state index >= 15 is 0 Å². The maximum absolute atomic E-state index is 13.8. The number of ether oxygens (including phenoxy) is 2. The third kappa shape index (κ3) is 2.71. The van der Waals surface area contributed by atoms with Crippen molar-refractivity contribution in [2.24, 2.45) is 0 Å². The van der Waals surface area contributed by atoms with Gasteiger partial charge in [-0.3, -0.25) is 0 Å². The van der Waals surface area contributed by atoms with Crippen LogP contribution in [-0.2, 0) is 4.74 Å². The summed E-state index contributed by atoms with van der Waals surface area (Å²) >= 11 is 0. The van der Waals surface area contributed by atoms with E-state index in [1.165, 1.54) is 19.2 Å². The van der Waals surface area contributed by atoms with Crippen LogP contribution in [0.5, 0.6) is 5.75 Å². The Labute approximate surface area is 94.8 Å². The lowest BCUT2D eigenvalue weighted by molar-refractivity contribution is -0.0243. The van der Waals surface area contributed by atoms with Gasteiger partial charge in [-0.2, -0.15) is 0 Å². The van der Waals surface area contributed by atoms with Crippen LogP contribution in [0, 0.1) is 5.82 Å². The molecule has 3 nitrogen and oxygen atoms in total. The molecule has 0 aliphatic carbocycles. The average Bonchev–Trinajstić information content (AvgIpc) is 2.29. The number of hydrogen-bond donors (Lipinski definition) is 1. The molecular formula is C12H17FO3. The summed E-state index contributed by atoms with van der Waals surface area (Å²) < 4.78 is 23.9. The smallest absolute Gasteiger partial charge is 0.170 e. The zero-order valence-corrected chi connectivity index (χ0v) is 9.74. The Kier molecular flexibility index (Phi) is 4.71. The van der Waals surface area contributed by atoms with Gasteiger partial charge in [0.25, 0.3) is 0 Å². The topological polar surface area (TPSA) is 38.7 Å². The van der Waals surface area contributed by atoms with Crippen molar-refractivity contribution in [2.45, 2.75) is 26.1 Å². The van der Waals surface area contributed by atoms with Crippen molar-refractivity contribution in [2.75, 3.05) is 13.7 Å². The van der Waals surface area contributed by atoms with Gasteiger partial charge in [0, 0.05) is 12.2 Å². The molecule has 1 N–H and O–H groups in total. The zero-order chi connectivity index (χ0) is 12.1. The van der Waals surface area contributed by atoms with Crippen LogP contribution in [0.4, 0.5) is 4.39 Å². The molecule has 1 aromatic rings. The maximum Gasteiger partial charge on any atom is 0.170 e. The fraction of sp³-hybridized carbons (Fsp3) is 0.500. The average molecular weight is 228 g/mol. The summed E-state index contributed by atoms with van der Waals surface area (Å²) in [5, 5.41) is 9.90. The quantitative estimate of drug-likeness (QED) is 0.840. The van der Waals surface area contributed by atoms with Gasteiger partial charge < -0.3 is 14.6 Å². The first kappa shape index (κ1) is 12.9. The first-order valence-corrected chi connectivity index (χ1v) is 5.23. The first-order chi connectivity index (χ1) is 7.61. The van der Waals surface area contributed by atoms with Crippen molar-refractivity contribution in [3.8, 4) is 5.75 Å². The number of halogens is 1. The molecular weight excluding hydrogens is 211 g/mol. The minimum absolute atomic E-state index is 0.125. The van der Waals surface area contributed by atoms with E-state index in [2.05, 4.69) is 0 Å². The second kappa shape index (κ2) is 5.82. The standard InChI is InChI=1S/C12H17FO3/c1-4-16-8(2)12(14)9-6-5-7-10(15-3)11(9)13/h5-8,12,14H,4H2,1-3H3. The molecule has 0 spiro atoms. The predicted molar refractivity (Wildman–Crippen MR) is 59.0 cm³/mol. The van der Waals surface area contributed by atoms with Gasteiger partial charge in [0.2, 0.25) is 0 Å². The summed E-state index contributed by atoms with van der Waals surface area (Å²) in [5.41, 5.74) is 0.195. The van der Waals surface area contributed by atoms with Gasteiger partial charge in [-0.05, 0) is 19.9 Å². The van der Waals surface area contributed by atoms with E-state index in [0.29, 0.717) is 6.61 Å². The molecule has 1 aromatic carbocycles. The Bertz CT molecular complexity index is 341. The minimum Gasteiger partial charge on any atom is -0.494 e. The van der Waals surface area contributed by atoms with Crippen molar-refractivity contribution in [1.29, 1.82) is 0 Å². The second-order valence-corrected chi connectivity index (χ2v) is 3.47. The van der Waals surface area contributed by atoms with Crippen LogP contribution in [0.3, 0.4) is 0 Å². The van der Waals surface area contributed by atoms with Gasteiger partial charge in [-0.25, -0.2) is 4.39 Å². The van der Waals surface area contributed by atoms with E-state index in [1.54, 1.807) is 13.0 Å². The third-order valence-corrected chi connectivity index (χ3v) is 2.41. The highest BCUT2D eigenvalue weighted by Gasteiger charge is 2.21. The van der Waals surface area contributed by atoms with Crippen molar-refractivity contribution in [3.05, 3.63) is 29.6 Å². The summed E-state index contributed by atoms with van der Waals surface area (Å²) in [6.07, 6.45) is -1.44. The highest BCUT2D eigenvalue weighted by molar-refractivity contribution is 5.32. The Balaban J connectivity index is 2.94. The molecule has 2 atom stereocenters. The Morgan fingerprint density at radius 1 is 1.44 bits per heavy atom. The lowest BCUT2D eigenvalue weighted by Crippen LogP contribution is -2.19. The highest BCUT2D eigenvalue weighted by atomic mass is 19.1. The van der Waals surface area contributed by atoms with Crippen LogP contribution in [0.2, 0.25) is 0 Å². The number of hydrogen-bond acceptors (Lipinski definition) is 3. The molecule has 0 aliphatic heterocycles. The predicted octanol–water partition coefficient (Wildman–Crippen LogP) is 2.29. The molecule has 0 saturated carbocycles. The molecule has 0 saturated heterocycles. The Hall–Kier alpha value is -1.13. The molecule has 4 heteroatoms. The van der Waals surface area contributed by atoms with Gasteiger partial charge in [0.15, 0.2) is 11.6 Å². The SMILES string of the molecule is CCOC(C)C(O)c1cccc(OC)c1F. The number of methoxy groups -OCH3 is 1. The van der Waals surface area contributed by atoms with Crippen LogP contribution >= 0.6 is 0 Å². The van der Waals surface area contributed by atoms with Crippen molar-refractivity contribution < 1.29 is 19.0 Å². The van der Waals surface area contributed by atoms with E-state index in [4.69, 9.17) is 9.47 Å². The summed E-state index contributed by atoms with van der Waals surface area (Å²) in [6.45, 7) is 4.00. The molecule has 0 fully saturated rings. The van der Waals surface area contributed by atoms with Crippen molar-refractivity contribution >= 4 is 0 Å². The van der Waals surface area contributed by atoms with E-state index in [1.807, 2.05) is 6.92 Å². The highest BCUT2D eigenvalue weighted by Crippen LogP contribution is 2.27. The number of aliphatic hydroxyl groups is 1. The lowest BCUT2D eigenvalue weighted by atomic mass is 10.0. The summed E-state index contributed by atoms with van der Waals surface area (Å²) in [7, 11) is 1.39. The Morgan fingerprint density at radius 2 is 2.12 bits per heavy atom. The van der Waals surface area contributed by atoms with E-state index in [9.17, 15) is 9.50 Å². The monoisotopic (exact) mass is 228 g/mol. The van der Waals surface area contributed by atoms with Gasteiger partial charge in [-0.15, -0.1) is 0 Å². The summed E-state index contributed by atoms with van der Waals surface area (Å²) in [4.78, 5) is 0. The molecule has 16 heavy (non-hydrogen) atoms. The minimum atomic E-state index is -0.991. The number of rotatable bonds is 5. The molecule has 0 aliphatic rings. The van der Waals surface area contributed by atoms with Gasteiger partial charge in [0.1, 0.15) is 6.10 Å². The largest absolute Gasteiger partial charge is 0.494 e. The normalized spacial score (nSPS) is 14.6. The summed E-state index contributed by atoms with van der Waals surface area (Å²) in [5.74, 6) is -0.413. The Morgan fingerprint density at radius 3 is 2.69 bits per heavy atom. The summed E-state index contributed by atoms with van der Waals surface area (Å²) in [6, 6.07) is 4.67. The maximum atomic E-state index is 13.8. The van der Waals surface area contributed by atoms with Crippen LogP contribution in [0.15, 0.2) is 18.2 Å². The van der Waals surface area contributed by atoms with Crippen molar-refractivity contribution in [1.82, 2.24) is 0 Å². The van der Waals surface area contributed by atoms with Gasteiger partial charge in [-0.1, -0.05) is 12.1 Å². The van der Waals surface area contributed by atoms with E-state index < -0.39 is 18.0 Å². The van der Waals surface area contributed by atoms with E-state index in [-0.39, 0.29) is 11.3 Å². The molecule has 1 rings (SSSR count). The zero-order valence-electron chi connectivity index (χ0n) is 9.74. The molecule has 2 unspecified atom stereocenters. The molecule has 0 bridgehead atoms. The van der Waals surface area contributed by atoms with Crippen LogP contribution in [0.25, 0.3) is 0 Å². The molecule has 0 radical (unpaired) electrons. The fourth-order valence-electron chi connectivity index (χ4n) is 1.52. The van der Waals surface area contributed by atoms with Crippen LogP contribution < -0.4 is 4.74 Å².